The molecule has 0 aliphatic heterocycles. The predicted octanol–water partition coefficient (Wildman–Crippen LogP) is 3.60. The Hall–Kier alpha value is -2.31. The molecule has 3 rings (SSSR count). The fraction of sp³-hybridized carbons (Fsp3) is 0.111. The Balaban J connectivity index is 1.85. The van der Waals surface area contributed by atoms with Gasteiger partial charge >= 0.3 is 0 Å². The number of amides is 1. The van der Waals surface area contributed by atoms with Crippen LogP contribution in [0.15, 0.2) is 59.2 Å². The minimum absolute atomic E-state index is 0.232. The lowest BCUT2D eigenvalue weighted by molar-refractivity contribution is 0.0911. The summed E-state index contributed by atoms with van der Waals surface area (Å²) in [7, 11) is 0. The minimum atomic E-state index is -0.701. The molecule has 2 N–H and O–H groups in total. The van der Waals surface area contributed by atoms with E-state index in [0.29, 0.717) is 5.56 Å². The van der Waals surface area contributed by atoms with Crippen LogP contribution in [0.2, 0.25) is 0 Å². The highest BCUT2D eigenvalue weighted by molar-refractivity contribution is 9.10. The molecule has 0 aliphatic carbocycles. The molecule has 0 spiro atoms. The molecule has 0 fully saturated rings. The average Bonchev–Trinajstić information content (AvgIpc) is 2.58. The third-order valence-electron chi connectivity index (χ3n) is 3.66. The Morgan fingerprint density at radius 3 is 2.79 bits per heavy atom. The van der Waals surface area contributed by atoms with Gasteiger partial charge in [0.05, 0.1) is 12.6 Å². The molecule has 0 bridgehead atoms. The number of aliphatic hydroxyl groups excluding tert-OH is 1. The molecule has 0 saturated heterocycles. The normalized spacial score (nSPS) is 12.1. The van der Waals surface area contributed by atoms with Crippen molar-refractivity contribution in [2.45, 2.75) is 6.04 Å². The highest BCUT2D eigenvalue weighted by atomic mass is 79.9. The number of halogens is 2. The zero-order valence-corrected chi connectivity index (χ0v) is 14.1. The molecular weight excluding hydrogens is 375 g/mol. The van der Waals surface area contributed by atoms with Gasteiger partial charge in [0.15, 0.2) is 0 Å². The summed E-state index contributed by atoms with van der Waals surface area (Å²) in [4.78, 5) is 16.6. The van der Waals surface area contributed by atoms with Crippen molar-refractivity contribution in [3.63, 3.8) is 0 Å². The molecule has 1 aromatic heterocycles. The zero-order chi connectivity index (χ0) is 17.1. The van der Waals surface area contributed by atoms with Gasteiger partial charge in [-0.2, -0.15) is 0 Å². The van der Waals surface area contributed by atoms with Crippen molar-refractivity contribution in [2.24, 2.45) is 0 Å². The first kappa shape index (κ1) is 16.5. The minimum Gasteiger partial charge on any atom is -0.394 e. The van der Waals surface area contributed by atoms with Crippen LogP contribution in [0.25, 0.3) is 10.8 Å². The third-order valence-corrected chi connectivity index (χ3v) is 4.15. The second-order valence-corrected chi connectivity index (χ2v) is 6.24. The number of benzene rings is 2. The van der Waals surface area contributed by atoms with Gasteiger partial charge in [0.1, 0.15) is 11.5 Å². The van der Waals surface area contributed by atoms with Crippen LogP contribution < -0.4 is 5.32 Å². The number of hydrogen-bond acceptors (Lipinski definition) is 3. The molecule has 4 nitrogen and oxygen atoms in total. The van der Waals surface area contributed by atoms with Crippen molar-refractivity contribution < 1.29 is 14.3 Å². The van der Waals surface area contributed by atoms with Crippen LogP contribution >= 0.6 is 15.9 Å². The Morgan fingerprint density at radius 2 is 2.04 bits per heavy atom. The average molecular weight is 389 g/mol. The lowest BCUT2D eigenvalue weighted by atomic mass is 10.1. The molecular formula is C18H14BrFN2O2. The molecule has 1 amide bonds. The summed E-state index contributed by atoms with van der Waals surface area (Å²) < 4.78 is 14.2. The number of aromatic nitrogens is 1. The number of fused-ring (bicyclic) bond motifs is 1. The molecule has 1 unspecified atom stereocenters. The molecule has 0 radical (unpaired) electrons. The van der Waals surface area contributed by atoms with Gasteiger partial charge in [0.2, 0.25) is 0 Å². The van der Waals surface area contributed by atoms with E-state index in [4.69, 9.17) is 0 Å². The van der Waals surface area contributed by atoms with E-state index in [1.807, 2.05) is 18.2 Å². The lowest BCUT2D eigenvalue weighted by Gasteiger charge is -2.16. The second-order valence-electron chi connectivity index (χ2n) is 5.32. The van der Waals surface area contributed by atoms with E-state index < -0.39 is 17.8 Å². The van der Waals surface area contributed by atoms with Gasteiger partial charge in [0.25, 0.3) is 5.91 Å². The van der Waals surface area contributed by atoms with Crippen LogP contribution in [0, 0.1) is 5.82 Å². The summed E-state index contributed by atoms with van der Waals surface area (Å²) in [5.74, 6) is -0.853. The standard InChI is InChI=1S/C18H14BrFN2O2/c19-14-5-4-12-9-21-16(8-13(12)6-14)18(24)22-17(10-23)11-2-1-3-15(20)7-11/h1-9,17,23H,10H2,(H,22,24). The summed E-state index contributed by atoms with van der Waals surface area (Å²) in [5, 5.41) is 14.0. The van der Waals surface area contributed by atoms with Gasteiger partial charge in [-0.05, 0) is 41.3 Å². The summed E-state index contributed by atoms with van der Waals surface area (Å²) >= 11 is 3.39. The van der Waals surface area contributed by atoms with Gasteiger partial charge in [-0.1, -0.05) is 34.1 Å². The van der Waals surface area contributed by atoms with Crippen molar-refractivity contribution in [3.8, 4) is 0 Å². The van der Waals surface area contributed by atoms with Crippen LogP contribution in [-0.4, -0.2) is 22.6 Å². The number of carbonyl (C=O) groups is 1. The molecule has 6 heteroatoms. The van der Waals surface area contributed by atoms with E-state index in [9.17, 15) is 14.3 Å². The maximum absolute atomic E-state index is 13.3. The first-order chi connectivity index (χ1) is 11.6. The van der Waals surface area contributed by atoms with Crippen LogP contribution in [-0.2, 0) is 0 Å². The van der Waals surface area contributed by atoms with Crippen LogP contribution in [0.3, 0.4) is 0 Å². The molecule has 2 aromatic carbocycles. The Kier molecular flexibility index (Phi) is 4.87. The first-order valence-electron chi connectivity index (χ1n) is 7.29. The number of nitrogens with zero attached hydrogens (tertiary/aromatic N) is 1. The Bertz CT molecular complexity index is 901. The molecule has 3 aromatic rings. The topological polar surface area (TPSA) is 62.2 Å². The number of rotatable bonds is 4. The van der Waals surface area contributed by atoms with Crippen LogP contribution in [0.5, 0.6) is 0 Å². The van der Waals surface area contributed by atoms with Gasteiger partial charge in [-0.3, -0.25) is 9.78 Å². The van der Waals surface area contributed by atoms with Crippen LogP contribution in [0.1, 0.15) is 22.1 Å². The van der Waals surface area contributed by atoms with E-state index in [0.717, 1.165) is 15.2 Å². The van der Waals surface area contributed by atoms with Crippen molar-refractivity contribution in [1.82, 2.24) is 10.3 Å². The number of aliphatic hydroxyl groups is 1. The predicted molar refractivity (Wildman–Crippen MR) is 93.1 cm³/mol. The number of pyridine rings is 1. The summed E-state index contributed by atoms with van der Waals surface area (Å²) in [5.41, 5.74) is 0.727. The van der Waals surface area contributed by atoms with Crippen molar-refractivity contribution in [2.75, 3.05) is 6.61 Å². The Morgan fingerprint density at radius 1 is 1.21 bits per heavy atom. The molecule has 1 atom stereocenters. The van der Waals surface area contributed by atoms with Crippen molar-refractivity contribution >= 4 is 32.6 Å². The van der Waals surface area contributed by atoms with E-state index >= 15 is 0 Å². The van der Waals surface area contributed by atoms with Crippen LogP contribution in [0.4, 0.5) is 4.39 Å². The van der Waals surface area contributed by atoms with E-state index in [1.54, 1.807) is 18.3 Å². The molecule has 0 saturated carbocycles. The molecule has 0 aliphatic rings. The Labute approximate surface area is 146 Å². The van der Waals surface area contributed by atoms with E-state index in [-0.39, 0.29) is 12.3 Å². The molecule has 24 heavy (non-hydrogen) atoms. The first-order valence-corrected chi connectivity index (χ1v) is 8.08. The number of nitrogens with one attached hydrogen (secondary N) is 1. The fourth-order valence-electron chi connectivity index (χ4n) is 2.43. The highest BCUT2D eigenvalue weighted by Crippen LogP contribution is 2.20. The highest BCUT2D eigenvalue weighted by Gasteiger charge is 2.16. The van der Waals surface area contributed by atoms with E-state index in [1.165, 1.54) is 18.2 Å². The monoisotopic (exact) mass is 388 g/mol. The third kappa shape index (κ3) is 3.60. The van der Waals surface area contributed by atoms with E-state index in [2.05, 4.69) is 26.2 Å². The summed E-state index contributed by atoms with van der Waals surface area (Å²) in [6, 6.07) is 12.4. The van der Waals surface area contributed by atoms with Gasteiger partial charge < -0.3 is 10.4 Å². The molecule has 1 heterocycles. The largest absolute Gasteiger partial charge is 0.394 e. The number of carbonyl (C=O) groups excluding carboxylic acids is 1. The second kappa shape index (κ2) is 7.07. The van der Waals surface area contributed by atoms with Gasteiger partial charge in [-0.25, -0.2) is 4.39 Å². The quantitative estimate of drug-likeness (QED) is 0.717. The van der Waals surface area contributed by atoms with Gasteiger partial charge in [0, 0.05) is 16.1 Å². The lowest BCUT2D eigenvalue weighted by Crippen LogP contribution is -2.31. The van der Waals surface area contributed by atoms with Crippen molar-refractivity contribution in [1.29, 1.82) is 0 Å². The van der Waals surface area contributed by atoms with Gasteiger partial charge in [-0.15, -0.1) is 0 Å². The van der Waals surface area contributed by atoms with Crippen molar-refractivity contribution in [3.05, 3.63) is 76.3 Å². The zero-order valence-electron chi connectivity index (χ0n) is 12.5. The maximum Gasteiger partial charge on any atom is 0.270 e. The SMILES string of the molecule is O=C(NC(CO)c1cccc(F)c1)c1cc2cc(Br)ccc2cn1. The smallest absolute Gasteiger partial charge is 0.270 e. The number of hydrogen-bond donors (Lipinski definition) is 2. The maximum atomic E-state index is 13.3. The summed E-state index contributed by atoms with van der Waals surface area (Å²) in [6.45, 7) is -0.339. The fourth-order valence-corrected chi connectivity index (χ4v) is 2.80. The summed E-state index contributed by atoms with van der Waals surface area (Å²) in [6.07, 6.45) is 1.62. The molecule has 122 valence electrons.